The van der Waals surface area contributed by atoms with Crippen LogP contribution in [0.2, 0.25) is 10.2 Å². The minimum absolute atomic E-state index is 0.246. The number of nitrogens with zero attached hydrogens (tertiary/aromatic N) is 2. The van der Waals surface area contributed by atoms with Gasteiger partial charge < -0.3 is 10.3 Å². The average Bonchev–Trinajstić information content (AvgIpc) is 2.90. The van der Waals surface area contributed by atoms with Gasteiger partial charge in [-0.15, -0.1) is 0 Å². The molecule has 0 saturated carbocycles. The van der Waals surface area contributed by atoms with Crippen molar-refractivity contribution < 1.29 is 4.79 Å². The lowest BCUT2D eigenvalue weighted by atomic mass is 10.2. The summed E-state index contributed by atoms with van der Waals surface area (Å²) in [5, 5.41) is 4.50. The maximum Gasteiger partial charge on any atom is 0.268 e. The molecule has 106 valence electrons. The molecule has 21 heavy (non-hydrogen) atoms. The van der Waals surface area contributed by atoms with Crippen molar-refractivity contribution >= 4 is 40.0 Å². The van der Waals surface area contributed by atoms with Gasteiger partial charge in [-0.2, -0.15) is 0 Å². The van der Waals surface area contributed by atoms with E-state index in [-0.39, 0.29) is 12.5 Å². The third-order valence-electron chi connectivity index (χ3n) is 2.94. The number of hydrogen-bond acceptors (Lipinski definition) is 3. The lowest BCUT2D eigenvalue weighted by Crippen LogP contribution is -2.23. The molecule has 3 rings (SSSR count). The third kappa shape index (κ3) is 2.99. The first kappa shape index (κ1) is 13.9. The first-order chi connectivity index (χ1) is 10.1. The van der Waals surface area contributed by atoms with Gasteiger partial charge in [0.2, 0.25) is 0 Å². The van der Waals surface area contributed by atoms with Gasteiger partial charge in [0.05, 0.1) is 35.2 Å². The number of benzene rings is 1. The number of aromatic nitrogens is 3. The number of para-hydroxylation sites is 1. The van der Waals surface area contributed by atoms with Gasteiger partial charge in [-0.25, -0.2) is 4.98 Å². The molecular formula is C14H10Cl2N4O. The highest BCUT2D eigenvalue weighted by atomic mass is 35.5. The van der Waals surface area contributed by atoms with Crippen LogP contribution in [0.4, 0.5) is 0 Å². The van der Waals surface area contributed by atoms with Gasteiger partial charge in [0.25, 0.3) is 5.91 Å². The monoisotopic (exact) mass is 320 g/mol. The van der Waals surface area contributed by atoms with Crippen LogP contribution in [0, 0.1) is 0 Å². The van der Waals surface area contributed by atoms with E-state index in [4.69, 9.17) is 23.2 Å². The van der Waals surface area contributed by atoms with Gasteiger partial charge in [-0.1, -0.05) is 35.3 Å². The molecule has 5 nitrogen and oxygen atoms in total. The summed E-state index contributed by atoms with van der Waals surface area (Å²) in [5.41, 5.74) is 1.77. The van der Waals surface area contributed by atoms with Crippen molar-refractivity contribution in [2.24, 2.45) is 0 Å². The summed E-state index contributed by atoms with van der Waals surface area (Å²) in [6, 6.07) is 7.24. The van der Waals surface area contributed by atoms with E-state index in [1.165, 1.54) is 6.20 Å². The number of H-pyrrole nitrogens is 1. The number of hydrogen-bond donors (Lipinski definition) is 2. The number of aromatic amines is 1. The average molecular weight is 321 g/mol. The molecule has 0 unspecified atom stereocenters. The van der Waals surface area contributed by atoms with E-state index >= 15 is 0 Å². The number of carbonyl (C=O) groups is 1. The maximum absolute atomic E-state index is 12.1. The molecule has 0 saturated heterocycles. The molecule has 2 N–H and O–H groups in total. The van der Waals surface area contributed by atoms with Crippen LogP contribution >= 0.6 is 23.2 Å². The zero-order valence-corrected chi connectivity index (χ0v) is 12.2. The Morgan fingerprint density at radius 1 is 1.29 bits per heavy atom. The van der Waals surface area contributed by atoms with Crippen LogP contribution < -0.4 is 5.32 Å². The highest BCUT2D eigenvalue weighted by molar-refractivity contribution is 6.35. The Morgan fingerprint density at radius 2 is 2.14 bits per heavy atom. The number of nitrogens with one attached hydrogen (secondary N) is 2. The van der Waals surface area contributed by atoms with Crippen molar-refractivity contribution in [3.8, 4) is 0 Å². The van der Waals surface area contributed by atoms with Gasteiger partial charge in [0.15, 0.2) is 0 Å². The van der Waals surface area contributed by atoms with Crippen LogP contribution in [-0.2, 0) is 6.54 Å². The fourth-order valence-corrected chi connectivity index (χ4v) is 2.37. The molecule has 1 aromatic carbocycles. The fraction of sp³-hybridized carbons (Fsp3) is 0.0714. The number of fused-ring (bicyclic) bond motifs is 1. The highest BCUT2D eigenvalue weighted by Crippen LogP contribution is 2.23. The van der Waals surface area contributed by atoms with Gasteiger partial charge in [0.1, 0.15) is 10.8 Å². The number of halogens is 2. The smallest absolute Gasteiger partial charge is 0.268 e. The Bertz CT molecular complexity index is 816. The molecule has 0 spiro atoms. The maximum atomic E-state index is 12.1. The zero-order chi connectivity index (χ0) is 14.8. The Balaban J connectivity index is 1.76. The largest absolute Gasteiger partial charge is 0.349 e. The molecule has 0 aliphatic carbocycles. The van der Waals surface area contributed by atoms with Crippen LogP contribution in [0.3, 0.4) is 0 Å². The lowest BCUT2D eigenvalue weighted by molar-refractivity contribution is 0.0946. The van der Waals surface area contributed by atoms with Crippen molar-refractivity contribution in [3.05, 3.63) is 58.2 Å². The second-order valence-electron chi connectivity index (χ2n) is 4.40. The van der Waals surface area contributed by atoms with Crippen LogP contribution in [0.5, 0.6) is 0 Å². The predicted octanol–water partition coefficient (Wildman–Crippen LogP) is 3.19. The summed E-state index contributed by atoms with van der Waals surface area (Å²) >= 11 is 11.8. The van der Waals surface area contributed by atoms with Crippen LogP contribution in [-0.4, -0.2) is 20.9 Å². The second kappa shape index (κ2) is 5.71. The van der Waals surface area contributed by atoms with Gasteiger partial charge in [-0.3, -0.25) is 9.78 Å². The minimum atomic E-state index is -0.246. The zero-order valence-electron chi connectivity index (χ0n) is 10.7. The molecule has 0 aliphatic heterocycles. The van der Waals surface area contributed by atoms with Gasteiger partial charge in [-0.05, 0) is 12.1 Å². The number of rotatable bonds is 3. The Labute approximate surface area is 130 Å². The van der Waals surface area contributed by atoms with E-state index in [0.717, 1.165) is 10.9 Å². The first-order valence-electron chi connectivity index (χ1n) is 6.15. The summed E-state index contributed by atoms with van der Waals surface area (Å²) < 4.78 is 0. The molecule has 3 aromatic rings. The molecule has 0 aliphatic rings. The summed E-state index contributed by atoms with van der Waals surface area (Å²) in [6.07, 6.45) is 2.99. The molecule has 2 heterocycles. The Morgan fingerprint density at radius 3 is 2.90 bits per heavy atom. The Hall–Kier alpha value is -2.11. The fourth-order valence-electron chi connectivity index (χ4n) is 1.97. The molecule has 0 fully saturated rings. The summed E-state index contributed by atoms with van der Waals surface area (Å²) in [4.78, 5) is 23.1. The quantitative estimate of drug-likeness (QED) is 0.778. The van der Waals surface area contributed by atoms with Crippen molar-refractivity contribution in [1.82, 2.24) is 20.3 Å². The van der Waals surface area contributed by atoms with E-state index in [1.807, 2.05) is 12.1 Å². The molecule has 1 amide bonds. The molecule has 0 bridgehead atoms. The third-order valence-corrected chi connectivity index (χ3v) is 3.43. The topological polar surface area (TPSA) is 70.7 Å². The SMILES string of the molecule is O=C(NCc1cncc(Cl)n1)c1cc2cccc(Cl)c2[nH]1. The van der Waals surface area contributed by atoms with Crippen molar-refractivity contribution in [3.63, 3.8) is 0 Å². The highest BCUT2D eigenvalue weighted by Gasteiger charge is 2.11. The van der Waals surface area contributed by atoms with Crippen molar-refractivity contribution in [2.45, 2.75) is 6.54 Å². The van der Waals surface area contributed by atoms with E-state index < -0.39 is 0 Å². The van der Waals surface area contributed by atoms with Gasteiger partial charge in [0, 0.05) is 5.39 Å². The lowest BCUT2D eigenvalue weighted by Gasteiger charge is -2.03. The molecular weight excluding hydrogens is 311 g/mol. The molecule has 0 radical (unpaired) electrons. The van der Waals surface area contributed by atoms with E-state index in [1.54, 1.807) is 18.3 Å². The van der Waals surface area contributed by atoms with Crippen molar-refractivity contribution in [1.29, 1.82) is 0 Å². The molecule has 2 aromatic heterocycles. The summed E-state index contributed by atoms with van der Waals surface area (Å²) in [6.45, 7) is 0.246. The number of amides is 1. The second-order valence-corrected chi connectivity index (χ2v) is 5.20. The van der Waals surface area contributed by atoms with Crippen LogP contribution in [0.1, 0.15) is 16.2 Å². The first-order valence-corrected chi connectivity index (χ1v) is 6.91. The molecule has 0 atom stereocenters. The van der Waals surface area contributed by atoms with E-state index in [9.17, 15) is 4.79 Å². The molecule has 7 heteroatoms. The van der Waals surface area contributed by atoms with Crippen molar-refractivity contribution in [2.75, 3.05) is 0 Å². The van der Waals surface area contributed by atoms with Crippen LogP contribution in [0.15, 0.2) is 36.7 Å². The normalized spacial score (nSPS) is 10.8. The van der Waals surface area contributed by atoms with E-state index in [0.29, 0.717) is 21.6 Å². The van der Waals surface area contributed by atoms with Crippen LogP contribution in [0.25, 0.3) is 10.9 Å². The standard InChI is InChI=1S/C14H10Cl2N4O/c15-10-3-1-2-8-4-11(20-13(8)10)14(21)18-6-9-5-17-7-12(16)19-9/h1-5,7,20H,6H2,(H,18,21). The summed E-state index contributed by atoms with van der Waals surface area (Å²) in [5.74, 6) is -0.246. The predicted molar refractivity (Wildman–Crippen MR) is 81.5 cm³/mol. The number of carbonyl (C=O) groups excluding carboxylic acids is 1. The van der Waals surface area contributed by atoms with Gasteiger partial charge >= 0.3 is 0 Å². The Kier molecular flexibility index (Phi) is 3.77. The minimum Gasteiger partial charge on any atom is -0.349 e. The van der Waals surface area contributed by atoms with E-state index in [2.05, 4.69) is 20.3 Å². The summed E-state index contributed by atoms with van der Waals surface area (Å²) in [7, 11) is 0.